The molecule has 0 atom stereocenters. The average Bonchev–Trinajstić information content (AvgIpc) is 2.74. The normalized spacial score (nSPS) is 10.6. The fourth-order valence-corrected chi connectivity index (χ4v) is 2.67. The van der Waals surface area contributed by atoms with Crippen LogP contribution < -0.4 is 20.1 Å². The second-order valence-corrected chi connectivity index (χ2v) is 6.49. The zero-order valence-electron chi connectivity index (χ0n) is 18.1. The van der Waals surface area contributed by atoms with Crippen LogP contribution in [0.5, 0.6) is 11.5 Å². The SMILES string of the molecule is CCNC(=O)COc1cccc(CNC(=NC)N(C)CCOc2ccccc2F)c1.I. The number of guanidine groups is 1. The van der Waals surface area contributed by atoms with Crippen LogP contribution in [0.25, 0.3) is 0 Å². The lowest BCUT2D eigenvalue weighted by Crippen LogP contribution is -2.40. The number of ether oxygens (including phenoxy) is 2. The highest BCUT2D eigenvalue weighted by Gasteiger charge is 2.08. The van der Waals surface area contributed by atoms with Crippen LogP contribution in [-0.4, -0.2) is 57.2 Å². The predicted octanol–water partition coefficient (Wildman–Crippen LogP) is 3.04. The van der Waals surface area contributed by atoms with E-state index in [0.29, 0.717) is 38.0 Å². The van der Waals surface area contributed by atoms with E-state index in [1.165, 1.54) is 6.07 Å². The van der Waals surface area contributed by atoms with Gasteiger partial charge in [0.25, 0.3) is 5.91 Å². The molecule has 2 rings (SSSR count). The molecule has 2 N–H and O–H groups in total. The highest BCUT2D eigenvalue weighted by atomic mass is 127. The first-order valence-corrected chi connectivity index (χ1v) is 9.81. The van der Waals surface area contributed by atoms with Gasteiger partial charge in [-0.2, -0.15) is 0 Å². The van der Waals surface area contributed by atoms with Crippen LogP contribution in [0.1, 0.15) is 12.5 Å². The number of nitrogens with zero attached hydrogens (tertiary/aromatic N) is 2. The van der Waals surface area contributed by atoms with E-state index in [2.05, 4.69) is 15.6 Å². The lowest BCUT2D eigenvalue weighted by atomic mass is 10.2. The second-order valence-electron chi connectivity index (χ2n) is 6.49. The Morgan fingerprint density at radius 1 is 1.13 bits per heavy atom. The summed E-state index contributed by atoms with van der Waals surface area (Å²) in [6.07, 6.45) is 0. The minimum Gasteiger partial charge on any atom is -0.489 e. The molecule has 31 heavy (non-hydrogen) atoms. The molecule has 2 aromatic carbocycles. The quantitative estimate of drug-likeness (QED) is 0.273. The Kier molecular flexibility index (Phi) is 12.3. The fraction of sp³-hybridized carbons (Fsp3) is 0.364. The van der Waals surface area contributed by atoms with E-state index in [-0.39, 0.29) is 48.1 Å². The zero-order chi connectivity index (χ0) is 21.8. The van der Waals surface area contributed by atoms with Gasteiger partial charge in [0.1, 0.15) is 12.4 Å². The molecule has 0 aliphatic heterocycles. The Bertz CT molecular complexity index is 851. The molecule has 0 heterocycles. The van der Waals surface area contributed by atoms with Gasteiger partial charge in [0.2, 0.25) is 0 Å². The summed E-state index contributed by atoms with van der Waals surface area (Å²) in [5, 5.41) is 5.96. The molecule has 0 radical (unpaired) electrons. The van der Waals surface area contributed by atoms with Crippen molar-refractivity contribution in [2.24, 2.45) is 4.99 Å². The Morgan fingerprint density at radius 2 is 1.90 bits per heavy atom. The molecule has 0 saturated heterocycles. The summed E-state index contributed by atoms with van der Waals surface area (Å²) >= 11 is 0. The molecule has 2 aromatic rings. The Balaban J connectivity index is 0.00000480. The van der Waals surface area contributed by atoms with E-state index in [4.69, 9.17) is 9.47 Å². The number of aliphatic imine (C=N–C) groups is 1. The Morgan fingerprint density at radius 3 is 2.61 bits per heavy atom. The van der Waals surface area contributed by atoms with E-state index in [9.17, 15) is 9.18 Å². The molecule has 0 fully saturated rings. The highest BCUT2D eigenvalue weighted by molar-refractivity contribution is 14.0. The topological polar surface area (TPSA) is 75.2 Å². The van der Waals surface area contributed by atoms with Gasteiger partial charge in [0, 0.05) is 27.2 Å². The van der Waals surface area contributed by atoms with Gasteiger partial charge in [0.05, 0.1) is 6.54 Å². The summed E-state index contributed by atoms with van der Waals surface area (Å²) in [6, 6.07) is 13.8. The number of halogens is 2. The van der Waals surface area contributed by atoms with Crippen molar-refractivity contribution < 1.29 is 18.7 Å². The van der Waals surface area contributed by atoms with Gasteiger partial charge < -0.3 is 25.0 Å². The number of amides is 1. The Hall–Kier alpha value is -2.56. The van der Waals surface area contributed by atoms with Crippen molar-refractivity contribution in [3.63, 3.8) is 0 Å². The van der Waals surface area contributed by atoms with Crippen molar-refractivity contribution in [2.75, 3.05) is 40.4 Å². The number of rotatable bonds is 10. The van der Waals surface area contributed by atoms with Crippen LogP contribution in [0.15, 0.2) is 53.5 Å². The molecule has 0 aliphatic carbocycles. The predicted molar refractivity (Wildman–Crippen MR) is 131 cm³/mol. The van der Waals surface area contributed by atoms with Gasteiger partial charge in [-0.1, -0.05) is 24.3 Å². The van der Waals surface area contributed by atoms with Crippen molar-refractivity contribution in [1.29, 1.82) is 0 Å². The molecule has 0 unspecified atom stereocenters. The van der Waals surface area contributed by atoms with Crippen molar-refractivity contribution in [1.82, 2.24) is 15.5 Å². The highest BCUT2D eigenvalue weighted by Crippen LogP contribution is 2.15. The summed E-state index contributed by atoms with van der Waals surface area (Å²) in [5.41, 5.74) is 0.987. The van der Waals surface area contributed by atoms with Gasteiger partial charge in [-0.05, 0) is 36.8 Å². The molecule has 0 saturated carbocycles. The molecule has 0 bridgehead atoms. The fourth-order valence-electron chi connectivity index (χ4n) is 2.67. The lowest BCUT2D eigenvalue weighted by molar-refractivity contribution is -0.122. The van der Waals surface area contributed by atoms with Crippen LogP contribution in [0.2, 0.25) is 0 Å². The molecule has 170 valence electrons. The monoisotopic (exact) mass is 544 g/mol. The number of likely N-dealkylation sites (N-methyl/N-ethyl adjacent to an activating group) is 2. The molecular formula is C22H30FIN4O3. The van der Waals surface area contributed by atoms with E-state index >= 15 is 0 Å². The lowest BCUT2D eigenvalue weighted by Gasteiger charge is -2.22. The van der Waals surface area contributed by atoms with Crippen LogP contribution in [-0.2, 0) is 11.3 Å². The number of hydrogen-bond acceptors (Lipinski definition) is 4. The number of benzene rings is 2. The Labute approximate surface area is 200 Å². The van der Waals surface area contributed by atoms with Crippen LogP contribution >= 0.6 is 24.0 Å². The number of carbonyl (C=O) groups excluding carboxylic acids is 1. The maximum Gasteiger partial charge on any atom is 0.257 e. The van der Waals surface area contributed by atoms with Gasteiger partial charge in [-0.15, -0.1) is 24.0 Å². The van der Waals surface area contributed by atoms with E-state index in [0.717, 1.165) is 5.56 Å². The van der Waals surface area contributed by atoms with Crippen molar-refractivity contribution in [2.45, 2.75) is 13.5 Å². The van der Waals surface area contributed by atoms with Gasteiger partial charge in [0.15, 0.2) is 24.1 Å². The third kappa shape index (κ3) is 9.41. The van der Waals surface area contributed by atoms with Crippen molar-refractivity contribution >= 4 is 35.8 Å². The summed E-state index contributed by atoms with van der Waals surface area (Å²) in [6.45, 7) is 3.80. The first-order chi connectivity index (χ1) is 14.5. The van der Waals surface area contributed by atoms with Crippen LogP contribution in [0, 0.1) is 5.82 Å². The van der Waals surface area contributed by atoms with E-state index in [1.807, 2.05) is 43.1 Å². The maximum atomic E-state index is 13.6. The first-order valence-electron chi connectivity index (χ1n) is 9.81. The maximum absolute atomic E-state index is 13.6. The van der Waals surface area contributed by atoms with Gasteiger partial charge in [-0.3, -0.25) is 9.79 Å². The summed E-state index contributed by atoms with van der Waals surface area (Å²) in [4.78, 5) is 17.7. The standard InChI is InChI=1S/C22H29FN4O3.HI/c1-4-25-21(28)16-30-18-9-7-8-17(14-18)15-26-22(24-2)27(3)12-13-29-20-11-6-5-10-19(20)23;/h5-11,14H,4,12-13,15-16H2,1-3H3,(H,24,26)(H,25,28);1H. The smallest absolute Gasteiger partial charge is 0.257 e. The molecule has 9 heteroatoms. The largest absolute Gasteiger partial charge is 0.489 e. The third-order valence-electron chi connectivity index (χ3n) is 4.19. The minimum absolute atomic E-state index is 0. The van der Waals surface area contributed by atoms with Crippen molar-refractivity contribution in [3.05, 3.63) is 59.9 Å². The third-order valence-corrected chi connectivity index (χ3v) is 4.19. The summed E-state index contributed by atoms with van der Waals surface area (Å²) in [7, 11) is 3.58. The summed E-state index contributed by atoms with van der Waals surface area (Å²) < 4.78 is 24.6. The van der Waals surface area contributed by atoms with Crippen LogP contribution in [0.3, 0.4) is 0 Å². The number of nitrogens with one attached hydrogen (secondary N) is 2. The number of para-hydroxylation sites is 1. The molecule has 0 aromatic heterocycles. The second kappa shape index (κ2) is 14.4. The van der Waals surface area contributed by atoms with Gasteiger partial charge >= 0.3 is 0 Å². The van der Waals surface area contributed by atoms with Crippen molar-refractivity contribution in [3.8, 4) is 11.5 Å². The van der Waals surface area contributed by atoms with E-state index < -0.39 is 0 Å². The molecule has 7 nitrogen and oxygen atoms in total. The molecule has 0 aliphatic rings. The van der Waals surface area contributed by atoms with Gasteiger partial charge in [-0.25, -0.2) is 4.39 Å². The zero-order valence-corrected chi connectivity index (χ0v) is 20.4. The molecule has 1 amide bonds. The average molecular weight is 544 g/mol. The summed E-state index contributed by atoms with van der Waals surface area (Å²) in [5.74, 6) is 1.01. The van der Waals surface area contributed by atoms with Crippen LogP contribution in [0.4, 0.5) is 4.39 Å². The minimum atomic E-state index is -0.378. The first kappa shape index (κ1) is 26.5. The molecular weight excluding hydrogens is 514 g/mol. The van der Waals surface area contributed by atoms with E-state index in [1.54, 1.807) is 25.2 Å². The number of carbonyl (C=O) groups is 1. The molecule has 0 spiro atoms. The number of hydrogen-bond donors (Lipinski definition) is 2.